The summed E-state index contributed by atoms with van der Waals surface area (Å²) in [6.07, 6.45) is -15.4. The molecule has 5 fully saturated rings. The number of carbonyl (C=O) groups excluding carboxylic acids is 6. The Labute approximate surface area is 591 Å². The van der Waals surface area contributed by atoms with Gasteiger partial charge in [0.05, 0.1) is 13.7 Å². The van der Waals surface area contributed by atoms with Crippen molar-refractivity contribution in [1.29, 1.82) is 0 Å². The van der Waals surface area contributed by atoms with Crippen LogP contribution in [0, 0.1) is 23.7 Å². The van der Waals surface area contributed by atoms with Gasteiger partial charge in [-0.2, -0.15) is 0 Å². The number of rotatable bonds is 35. The van der Waals surface area contributed by atoms with Crippen LogP contribution in [0.15, 0.2) is 65.8 Å². The molecule has 5 aliphatic rings. The minimum absolute atomic E-state index is 0.00945. The number of carbonyl (C=O) groups is 6. The molecule has 34 heteroatoms. The molecule has 24 atom stereocenters. The Bertz CT molecular complexity index is 3050. The SMILES string of the molecule is CC[C@H](C)C1O[C@H](O[C@H]2C([C@H]3COC(C)(C)O3)O[C@@](OCCCCCN(Cc3ccccc3)C(=O)OCc3ccccc3)(C(=O)OC)C[C@H]2C)C(OC(C)=O)[C@@H](O[C@H]2O[C@@H]([C@@H](C)CC)[C@@H](PBB=O)C(C)C2O[C@H]2OC(COC(C)=O)[C@@H](OC(C)=O)C(OC(C)=O)[C@H]2N=[N+]=[N-])[C@@H]1PBB=O. The molecule has 2 aromatic rings. The molecular weight excluding hydrogens is 1340 g/mol. The molecule has 548 valence electrons. The number of methoxy groups -OCH3 is 1. The Morgan fingerprint density at radius 1 is 0.700 bits per heavy atom. The van der Waals surface area contributed by atoms with Crippen LogP contribution in [0.25, 0.3) is 10.4 Å². The molecule has 7 rings (SSSR count). The molecule has 0 aliphatic carbocycles. The van der Waals surface area contributed by atoms with E-state index in [1.165, 1.54) is 14.0 Å². The summed E-state index contributed by atoms with van der Waals surface area (Å²) in [5.41, 5.74) is 10.8. The van der Waals surface area contributed by atoms with Gasteiger partial charge in [0.1, 0.15) is 6.61 Å². The Morgan fingerprint density at radius 3 is 1.84 bits per heavy atom. The minimum atomic E-state index is -2.01. The van der Waals surface area contributed by atoms with Crippen LogP contribution in [-0.2, 0) is 122 Å². The summed E-state index contributed by atoms with van der Waals surface area (Å²) in [7, 11) is 2.61. The standard InChI is InChI=1S/C66H98B4N4O24P2/c1-14-36(3)50-58(99-69-67-81)39(6)52(95-60-48(72-73-71)55(89-42(9)77)53(88-41(8)76)46(91-60)34-84-40(7)75)61(93-50)96-56-57(90-43(10)78)62(94-51(37(4)15-2)59(56)100-70-68-82)92-49-38(5)31-66(63(79)83-13,98-54(49)47-35-87-65(11,12)97-47)86-30-24-18-23-29-74(32-44-25-19-16-20-26-44)64(80)85-33-45-27-21-17-22-28-45/h16-17,19-22,25-28,36-39,46-62,69-70,99-100H,14-15,18,23-24,29-35H2,1-13H3/t36-,37-,38+,39?,46?,47+,48+,49+,50-,51?,52?,53+,54?,55?,56+,57?,58-,59+,60+,61+,62-,66+/m0/s1. The number of ether oxygens (including phenoxy) is 16. The van der Waals surface area contributed by atoms with Crippen molar-refractivity contribution >= 4 is 80.7 Å². The van der Waals surface area contributed by atoms with Crippen molar-refractivity contribution in [2.45, 2.75) is 250 Å². The molecule has 28 nitrogen and oxygen atoms in total. The average Bonchev–Trinajstić information content (AvgIpc) is 1.02. The normalized spacial score (nSPS) is 32.4. The van der Waals surface area contributed by atoms with E-state index >= 15 is 0 Å². The average molecular weight is 1440 g/mol. The first-order valence-corrected chi connectivity index (χ1v) is 37.1. The van der Waals surface area contributed by atoms with Crippen molar-refractivity contribution in [3.63, 3.8) is 0 Å². The number of hydrogen-bond donors (Lipinski definition) is 0. The van der Waals surface area contributed by atoms with E-state index in [1.54, 1.807) is 18.7 Å². The maximum atomic E-state index is 14.4. The number of amides is 1. The fourth-order valence-electron chi connectivity index (χ4n) is 13.5. The van der Waals surface area contributed by atoms with Gasteiger partial charge in [0.15, 0.2) is 0 Å². The van der Waals surface area contributed by atoms with E-state index in [4.69, 9.17) is 75.8 Å². The summed E-state index contributed by atoms with van der Waals surface area (Å²) in [6.45, 7) is 20.2. The van der Waals surface area contributed by atoms with Gasteiger partial charge in [-0.25, -0.2) is 9.59 Å². The van der Waals surface area contributed by atoms with Gasteiger partial charge >= 0.3 is 408 Å². The van der Waals surface area contributed by atoms with E-state index in [9.17, 15) is 43.7 Å². The molecular formula is C66H98B4N4O24P2. The second kappa shape index (κ2) is 39.5. The molecule has 100 heavy (non-hydrogen) atoms. The Kier molecular flexibility index (Phi) is 32.4. The van der Waals surface area contributed by atoms with E-state index in [2.05, 4.69) is 10.0 Å². The van der Waals surface area contributed by atoms with Crippen molar-refractivity contribution in [2.24, 2.45) is 28.8 Å². The van der Waals surface area contributed by atoms with E-state index in [-0.39, 0.29) is 68.8 Å². The number of azide groups is 1. The van der Waals surface area contributed by atoms with Crippen LogP contribution in [0.3, 0.4) is 0 Å². The molecule has 5 heterocycles. The monoisotopic (exact) mass is 1440 g/mol. The quantitative estimate of drug-likeness (QED) is 0.00956. The Morgan fingerprint density at radius 2 is 1.27 bits per heavy atom. The molecule has 0 radical (unpaired) electrons. The molecule has 1 amide bonds. The number of benzene rings is 2. The van der Waals surface area contributed by atoms with Crippen molar-refractivity contribution in [3.05, 3.63) is 82.2 Å². The Hall–Kier alpha value is -5.31. The summed E-state index contributed by atoms with van der Waals surface area (Å²) in [5, 5.41) is 4.00. The predicted molar refractivity (Wildman–Crippen MR) is 368 cm³/mol. The summed E-state index contributed by atoms with van der Waals surface area (Å²) < 4.78 is 128. The number of esters is 5. The summed E-state index contributed by atoms with van der Waals surface area (Å²) in [5.74, 6) is -8.82. The molecule has 0 spiro atoms. The molecule has 5 saturated heterocycles. The predicted octanol–water partition coefficient (Wildman–Crippen LogP) is 7.28. The topological polar surface area (TPSA) is 336 Å². The first-order valence-electron chi connectivity index (χ1n) is 34.5. The number of nitrogens with zero attached hydrogens (tertiary/aromatic N) is 4. The summed E-state index contributed by atoms with van der Waals surface area (Å²) >= 11 is 0. The molecule has 0 aromatic heterocycles. The van der Waals surface area contributed by atoms with Crippen LogP contribution < -0.4 is 0 Å². The second-order valence-corrected chi connectivity index (χ2v) is 29.5. The zero-order valence-electron chi connectivity index (χ0n) is 59.5. The van der Waals surface area contributed by atoms with Crippen LogP contribution >= 0.6 is 16.9 Å². The van der Waals surface area contributed by atoms with Gasteiger partial charge in [-0.15, -0.1) is 0 Å². The zero-order valence-corrected chi connectivity index (χ0v) is 61.5. The van der Waals surface area contributed by atoms with E-state index in [0.29, 0.717) is 45.2 Å². The molecule has 5 aliphatic heterocycles. The second-order valence-electron chi connectivity index (χ2n) is 26.6. The first kappa shape index (κ1) is 82.0. The van der Waals surface area contributed by atoms with Crippen molar-refractivity contribution in [2.75, 3.05) is 33.5 Å². The van der Waals surface area contributed by atoms with E-state index in [0.717, 1.165) is 46.0 Å². The van der Waals surface area contributed by atoms with Gasteiger partial charge in [-0.05, 0) is 44.2 Å². The van der Waals surface area contributed by atoms with Gasteiger partial charge in [0, 0.05) is 26.9 Å². The molecule has 0 N–H and O–H groups in total. The third-order valence-electron chi connectivity index (χ3n) is 18.7. The first-order chi connectivity index (χ1) is 47.8. The molecule has 9 unspecified atom stereocenters. The van der Waals surface area contributed by atoms with Crippen LogP contribution in [0.5, 0.6) is 0 Å². The summed E-state index contributed by atoms with van der Waals surface area (Å²) in [4.78, 5) is 84.6. The van der Waals surface area contributed by atoms with E-state index in [1.807, 2.05) is 102 Å². The third kappa shape index (κ3) is 22.4. The summed E-state index contributed by atoms with van der Waals surface area (Å²) in [6, 6.07) is 17.5. The number of unbranched alkanes of at least 4 members (excludes halogenated alkanes) is 2. The zero-order chi connectivity index (χ0) is 72.8. The van der Waals surface area contributed by atoms with Crippen LogP contribution in [0.1, 0.15) is 133 Å². The van der Waals surface area contributed by atoms with Crippen molar-refractivity contribution in [3.8, 4) is 0 Å². The van der Waals surface area contributed by atoms with E-state index < -0.39 is 169 Å². The fraction of sp³-hybridized carbons (Fsp3) is 0.727. The van der Waals surface area contributed by atoms with Gasteiger partial charge < -0.3 is 14.4 Å². The Balaban J connectivity index is 1.24. The van der Waals surface area contributed by atoms with Crippen molar-refractivity contribution in [1.82, 2.24) is 4.90 Å². The van der Waals surface area contributed by atoms with Gasteiger partial charge in [0.25, 0.3) is 0 Å². The molecule has 0 bridgehead atoms. The van der Waals surface area contributed by atoms with Gasteiger partial charge in [-0.1, -0.05) is 60.7 Å². The van der Waals surface area contributed by atoms with Gasteiger partial charge in [0.2, 0.25) is 0 Å². The van der Waals surface area contributed by atoms with Crippen LogP contribution in [-0.4, -0.2) is 217 Å². The van der Waals surface area contributed by atoms with Crippen LogP contribution in [0.2, 0.25) is 0 Å². The van der Waals surface area contributed by atoms with Gasteiger partial charge in [-0.3, -0.25) is 9.59 Å². The number of hydrogen-bond acceptors (Lipinski definition) is 25. The van der Waals surface area contributed by atoms with Crippen molar-refractivity contribution < 1.29 is 114 Å². The van der Waals surface area contributed by atoms with Crippen LogP contribution in [0.4, 0.5) is 4.79 Å². The third-order valence-corrected chi connectivity index (χ3v) is 21.9. The molecule has 2 aromatic carbocycles. The maximum absolute atomic E-state index is 14.4. The fourth-order valence-corrected chi connectivity index (χ4v) is 16.6. The molecule has 0 saturated carbocycles.